The van der Waals surface area contributed by atoms with E-state index in [-0.39, 0.29) is 34.1 Å². The lowest BCUT2D eigenvalue weighted by Crippen LogP contribution is -2.10. The second kappa shape index (κ2) is 6.12. The third-order valence-corrected chi connectivity index (χ3v) is 2.79. The summed E-state index contributed by atoms with van der Waals surface area (Å²) < 4.78 is 29.8. The van der Waals surface area contributed by atoms with Gasteiger partial charge in [0.05, 0.1) is 13.5 Å². The highest BCUT2D eigenvalue weighted by atomic mass is 35.5. The minimum absolute atomic E-state index is 0.0181. The lowest BCUT2D eigenvalue weighted by atomic mass is 10.0. The van der Waals surface area contributed by atoms with Crippen molar-refractivity contribution in [2.45, 2.75) is 18.7 Å². The van der Waals surface area contributed by atoms with E-state index in [1.54, 1.807) is 0 Å². The molecule has 1 rings (SSSR count). The lowest BCUT2D eigenvalue weighted by Gasteiger charge is -2.12. The molecule has 0 fully saturated rings. The van der Waals surface area contributed by atoms with E-state index < -0.39 is 12.4 Å². The van der Waals surface area contributed by atoms with Crippen LogP contribution in [-0.4, -0.2) is 18.1 Å². The summed E-state index contributed by atoms with van der Waals surface area (Å²) in [5.41, 5.74) is 0.00156. The third-order valence-electron chi connectivity index (χ3n) is 2.20. The number of pyridine rings is 1. The molecule has 0 unspecified atom stereocenters. The second-order valence-electron chi connectivity index (χ2n) is 3.15. The van der Waals surface area contributed by atoms with E-state index in [1.807, 2.05) is 0 Å². The van der Waals surface area contributed by atoms with Crippen LogP contribution in [0.3, 0.4) is 0 Å². The van der Waals surface area contributed by atoms with Gasteiger partial charge in [0.15, 0.2) is 0 Å². The molecule has 0 saturated carbocycles. The summed E-state index contributed by atoms with van der Waals surface area (Å²) in [7, 11) is 1.20. The minimum atomic E-state index is -2.72. The van der Waals surface area contributed by atoms with Gasteiger partial charge in [0.25, 0.3) is 6.43 Å². The summed E-state index contributed by atoms with van der Waals surface area (Å²) >= 11 is 11.4. The molecular formula is C10H9Cl2F2NO2. The predicted octanol–water partition coefficient (Wildman–Crippen LogP) is 3.13. The predicted molar refractivity (Wildman–Crippen MR) is 59.5 cm³/mol. The van der Waals surface area contributed by atoms with Gasteiger partial charge in [-0.15, -0.1) is 11.6 Å². The third kappa shape index (κ3) is 3.26. The van der Waals surface area contributed by atoms with Crippen LogP contribution in [0.4, 0.5) is 8.78 Å². The van der Waals surface area contributed by atoms with E-state index in [9.17, 15) is 13.6 Å². The largest absolute Gasteiger partial charge is 0.469 e. The summed E-state index contributed by atoms with van der Waals surface area (Å²) in [4.78, 5) is 14.8. The maximum atomic E-state index is 12.7. The highest BCUT2D eigenvalue weighted by Crippen LogP contribution is 2.30. The fourth-order valence-corrected chi connectivity index (χ4v) is 1.87. The van der Waals surface area contributed by atoms with Crippen LogP contribution in [0.15, 0.2) is 6.20 Å². The molecule has 7 heteroatoms. The van der Waals surface area contributed by atoms with Crippen molar-refractivity contribution < 1.29 is 18.3 Å². The fraction of sp³-hybridized carbons (Fsp3) is 0.400. The average Bonchev–Trinajstić information content (AvgIpc) is 2.30. The normalized spacial score (nSPS) is 10.7. The van der Waals surface area contributed by atoms with Crippen molar-refractivity contribution in [2.24, 2.45) is 0 Å². The van der Waals surface area contributed by atoms with Crippen molar-refractivity contribution >= 4 is 29.2 Å². The van der Waals surface area contributed by atoms with Crippen molar-refractivity contribution in [1.29, 1.82) is 0 Å². The van der Waals surface area contributed by atoms with Crippen LogP contribution in [0, 0.1) is 0 Å². The maximum Gasteiger partial charge on any atom is 0.310 e. The Hall–Kier alpha value is -0.940. The molecule has 1 heterocycles. The van der Waals surface area contributed by atoms with Gasteiger partial charge >= 0.3 is 5.97 Å². The number of hydrogen-bond donors (Lipinski definition) is 0. The summed E-state index contributed by atoms with van der Waals surface area (Å²) in [6.45, 7) is 0. The average molecular weight is 284 g/mol. The molecule has 94 valence electrons. The zero-order chi connectivity index (χ0) is 13.0. The number of carbonyl (C=O) groups excluding carboxylic acids is 1. The van der Waals surface area contributed by atoms with Crippen molar-refractivity contribution in [1.82, 2.24) is 4.98 Å². The first kappa shape index (κ1) is 14.1. The molecule has 0 aromatic carbocycles. The summed E-state index contributed by atoms with van der Waals surface area (Å²) in [6.07, 6.45) is -1.99. The smallest absolute Gasteiger partial charge is 0.310 e. The number of esters is 1. The van der Waals surface area contributed by atoms with Crippen LogP contribution in [0.1, 0.15) is 23.1 Å². The Bertz CT molecular complexity index is 427. The van der Waals surface area contributed by atoms with Crippen LogP contribution in [0.25, 0.3) is 0 Å². The molecule has 17 heavy (non-hydrogen) atoms. The molecule has 0 aliphatic heterocycles. The topological polar surface area (TPSA) is 39.2 Å². The van der Waals surface area contributed by atoms with Crippen molar-refractivity contribution in [3.8, 4) is 0 Å². The van der Waals surface area contributed by atoms with Gasteiger partial charge in [0.2, 0.25) is 0 Å². The fourth-order valence-electron chi connectivity index (χ4n) is 1.32. The van der Waals surface area contributed by atoms with E-state index in [0.29, 0.717) is 0 Å². The Balaban J connectivity index is 3.25. The van der Waals surface area contributed by atoms with Crippen LogP contribution in [0.5, 0.6) is 0 Å². The number of methoxy groups -OCH3 is 1. The number of hydrogen-bond acceptors (Lipinski definition) is 3. The molecule has 0 N–H and O–H groups in total. The van der Waals surface area contributed by atoms with Crippen molar-refractivity contribution in [2.75, 3.05) is 7.11 Å². The van der Waals surface area contributed by atoms with Gasteiger partial charge in [-0.3, -0.25) is 4.79 Å². The Labute approximate surface area is 107 Å². The number of carbonyl (C=O) groups is 1. The van der Waals surface area contributed by atoms with E-state index in [1.165, 1.54) is 7.11 Å². The summed E-state index contributed by atoms with van der Waals surface area (Å²) in [5.74, 6) is -0.764. The van der Waals surface area contributed by atoms with E-state index >= 15 is 0 Å². The van der Waals surface area contributed by atoms with Gasteiger partial charge < -0.3 is 4.74 Å². The van der Waals surface area contributed by atoms with E-state index in [4.69, 9.17) is 23.2 Å². The SMILES string of the molecule is COC(=O)Cc1c(Cl)ncc(C(F)F)c1CCl. The van der Waals surface area contributed by atoms with Crippen LogP contribution >= 0.6 is 23.2 Å². The Morgan fingerprint density at radius 1 is 1.53 bits per heavy atom. The zero-order valence-corrected chi connectivity index (χ0v) is 10.4. The maximum absolute atomic E-state index is 12.7. The van der Waals surface area contributed by atoms with Gasteiger partial charge in [0.1, 0.15) is 5.15 Å². The van der Waals surface area contributed by atoms with Gasteiger partial charge in [-0.1, -0.05) is 11.6 Å². The van der Waals surface area contributed by atoms with Gasteiger partial charge in [-0.05, 0) is 5.56 Å². The summed E-state index contributed by atoms with van der Waals surface area (Å²) in [6, 6.07) is 0. The Kier molecular flexibility index (Phi) is 5.08. The number of ether oxygens (including phenoxy) is 1. The standard InChI is InChI=1S/C10H9Cl2F2NO2/c1-17-8(16)2-5-6(3-11)7(10(13)14)4-15-9(5)12/h4,10H,2-3H2,1H3. The molecular weight excluding hydrogens is 275 g/mol. The van der Waals surface area contributed by atoms with E-state index in [0.717, 1.165) is 6.20 Å². The highest BCUT2D eigenvalue weighted by Gasteiger charge is 2.20. The van der Waals surface area contributed by atoms with Crippen molar-refractivity contribution in [3.05, 3.63) is 28.0 Å². The number of nitrogens with zero attached hydrogens (tertiary/aromatic N) is 1. The molecule has 0 spiro atoms. The van der Waals surface area contributed by atoms with Crippen LogP contribution in [-0.2, 0) is 21.8 Å². The summed E-state index contributed by atoms with van der Waals surface area (Å²) in [5, 5.41) is -0.0181. The van der Waals surface area contributed by atoms with E-state index in [2.05, 4.69) is 9.72 Å². The molecule has 0 atom stereocenters. The minimum Gasteiger partial charge on any atom is -0.469 e. The van der Waals surface area contributed by atoms with Gasteiger partial charge in [0, 0.05) is 23.2 Å². The van der Waals surface area contributed by atoms with Crippen LogP contribution in [0.2, 0.25) is 5.15 Å². The highest BCUT2D eigenvalue weighted by molar-refractivity contribution is 6.30. The molecule has 0 bridgehead atoms. The zero-order valence-electron chi connectivity index (χ0n) is 8.84. The lowest BCUT2D eigenvalue weighted by molar-refractivity contribution is -0.139. The molecule has 0 aliphatic rings. The molecule has 3 nitrogen and oxygen atoms in total. The first-order chi connectivity index (χ1) is 8.01. The molecule has 0 amide bonds. The number of rotatable bonds is 4. The quantitative estimate of drug-likeness (QED) is 0.484. The number of halogens is 4. The number of aromatic nitrogens is 1. The van der Waals surface area contributed by atoms with Gasteiger partial charge in [-0.2, -0.15) is 0 Å². The van der Waals surface area contributed by atoms with Crippen molar-refractivity contribution in [3.63, 3.8) is 0 Å². The Morgan fingerprint density at radius 3 is 2.65 bits per heavy atom. The Morgan fingerprint density at radius 2 is 2.18 bits per heavy atom. The second-order valence-corrected chi connectivity index (χ2v) is 3.77. The molecule has 1 aromatic rings. The monoisotopic (exact) mass is 283 g/mol. The van der Waals surface area contributed by atoms with Gasteiger partial charge in [-0.25, -0.2) is 13.8 Å². The molecule has 1 aromatic heterocycles. The first-order valence-corrected chi connectivity index (χ1v) is 5.49. The number of alkyl halides is 3. The molecule has 0 radical (unpaired) electrons. The first-order valence-electron chi connectivity index (χ1n) is 4.58. The molecule has 0 aliphatic carbocycles. The molecule has 0 saturated heterocycles. The van der Waals surface area contributed by atoms with Crippen LogP contribution < -0.4 is 0 Å².